The zero-order chi connectivity index (χ0) is 19.9. The predicted octanol–water partition coefficient (Wildman–Crippen LogP) is 1.71. The Morgan fingerprint density at radius 1 is 1.21 bits per heavy atom. The van der Waals surface area contributed by atoms with Gasteiger partial charge < -0.3 is 19.5 Å². The van der Waals surface area contributed by atoms with Crippen LogP contribution in [0.2, 0.25) is 0 Å². The Bertz CT molecular complexity index is 812. The number of hydrogen-bond acceptors (Lipinski definition) is 6. The lowest BCUT2D eigenvalue weighted by Gasteiger charge is -2.34. The molecule has 1 aromatic carbocycles. The number of aromatic nitrogens is 1. The van der Waals surface area contributed by atoms with E-state index in [2.05, 4.69) is 10.5 Å². The molecule has 2 amide bonds. The van der Waals surface area contributed by atoms with Gasteiger partial charge in [-0.25, -0.2) is 0 Å². The second-order valence-corrected chi connectivity index (χ2v) is 6.84. The van der Waals surface area contributed by atoms with Crippen molar-refractivity contribution in [3.63, 3.8) is 0 Å². The summed E-state index contributed by atoms with van der Waals surface area (Å²) in [5.41, 5.74) is 1.04. The maximum Gasteiger partial charge on any atom is 0.239 e. The topological polar surface area (TPSA) is 87.9 Å². The first-order valence-electron chi connectivity index (χ1n) is 9.40. The van der Waals surface area contributed by atoms with Crippen LogP contribution in [-0.2, 0) is 16.0 Å². The van der Waals surface area contributed by atoms with Gasteiger partial charge in [-0.05, 0) is 25.0 Å². The summed E-state index contributed by atoms with van der Waals surface area (Å²) in [6, 6.07) is 9.44. The summed E-state index contributed by atoms with van der Waals surface area (Å²) in [5.74, 6) is 1.88. The number of amides is 2. The predicted molar refractivity (Wildman–Crippen MR) is 104 cm³/mol. The molecule has 1 fully saturated rings. The highest BCUT2D eigenvalue weighted by molar-refractivity contribution is 5.91. The van der Waals surface area contributed by atoms with E-state index in [1.54, 1.807) is 20.1 Å². The van der Waals surface area contributed by atoms with Crippen molar-refractivity contribution in [1.82, 2.24) is 15.0 Å². The maximum atomic E-state index is 12.5. The normalized spacial score (nSPS) is 14.7. The molecule has 2 aromatic rings. The molecule has 1 aliphatic rings. The van der Waals surface area contributed by atoms with E-state index in [-0.39, 0.29) is 18.4 Å². The lowest BCUT2D eigenvalue weighted by atomic mass is 10.1. The van der Waals surface area contributed by atoms with Crippen molar-refractivity contribution >= 4 is 17.6 Å². The van der Waals surface area contributed by atoms with Crippen LogP contribution >= 0.6 is 0 Å². The van der Waals surface area contributed by atoms with E-state index in [0.29, 0.717) is 50.6 Å². The maximum absolute atomic E-state index is 12.5. The number of anilines is 1. The summed E-state index contributed by atoms with van der Waals surface area (Å²) in [4.78, 5) is 28.5. The fourth-order valence-corrected chi connectivity index (χ4v) is 3.28. The van der Waals surface area contributed by atoms with Crippen molar-refractivity contribution in [2.75, 3.05) is 45.2 Å². The molecule has 0 unspecified atom stereocenters. The van der Waals surface area contributed by atoms with Gasteiger partial charge in [0.05, 0.1) is 13.7 Å². The number of benzene rings is 1. The van der Waals surface area contributed by atoms with Gasteiger partial charge in [-0.2, -0.15) is 0 Å². The number of rotatable bonds is 7. The molecule has 0 atom stereocenters. The number of piperazine rings is 1. The Morgan fingerprint density at radius 3 is 2.64 bits per heavy atom. The molecule has 0 saturated carbocycles. The molecule has 0 aliphatic carbocycles. The number of carbonyl (C=O) groups excluding carboxylic acids is 2. The molecule has 8 heteroatoms. The number of para-hydroxylation sites is 1. The van der Waals surface area contributed by atoms with Crippen LogP contribution in [0.5, 0.6) is 5.75 Å². The van der Waals surface area contributed by atoms with Crippen LogP contribution in [0.3, 0.4) is 0 Å². The molecule has 1 saturated heterocycles. The number of nitrogens with one attached hydrogen (secondary N) is 1. The Kier molecular flexibility index (Phi) is 6.65. The number of hydrogen-bond donors (Lipinski definition) is 1. The molecule has 2 heterocycles. The Labute approximate surface area is 164 Å². The minimum atomic E-state index is -0.135. The van der Waals surface area contributed by atoms with Gasteiger partial charge in [0.25, 0.3) is 0 Å². The van der Waals surface area contributed by atoms with Gasteiger partial charge in [-0.1, -0.05) is 23.4 Å². The van der Waals surface area contributed by atoms with Gasteiger partial charge in [0.1, 0.15) is 11.5 Å². The number of carbonyl (C=O) groups is 2. The highest BCUT2D eigenvalue weighted by Crippen LogP contribution is 2.19. The lowest BCUT2D eigenvalue weighted by Crippen LogP contribution is -2.50. The Morgan fingerprint density at radius 2 is 1.96 bits per heavy atom. The van der Waals surface area contributed by atoms with Crippen LogP contribution in [0.25, 0.3) is 0 Å². The fraction of sp³-hybridized carbons (Fsp3) is 0.450. The molecule has 150 valence electrons. The monoisotopic (exact) mass is 386 g/mol. The number of methoxy groups -OCH3 is 1. The summed E-state index contributed by atoms with van der Waals surface area (Å²) in [6.07, 6.45) is 1.11. The highest BCUT2D eigenvalue weighted by atomic mass is 16.5. The SMILES string of the molecule is COc1ccccc1CCC(=O)N1CCN(CC(=O)Nc2cc(C)on2)CC1. The van der Waals surface area contributed by atoms with Gasteiger partial charge in [0.2, 0.25) is 11.8 Å². The smallest absolute Gasteiger partial charge is 0.239 e. The van der Waals surface area contributed by atoms with E-state index in [0.717, 1.165) is 11.3 Å². The Balaban J connectivity index is 1.40. The van der Waals surface area contributed by atoms with Crippen LogP contribution < -0.4 is 10.1 Å². The van der Waals surface area contributed by atoms with E-state index in [1.165, 1.54) is 0 Å². The first-order valence-corrected chi connectivity index (χ1v) is 9.40. The molecular formula is C20H26N4O4. The third-order valence-corrected chi connectivity index (χ3v) is 4.79. The van der Waals surface area contributed by atoms with Crippen LogP contribution in [0.1, 0.15) is 17.7 Å². The summed E-state index contributed by atoms with van der Waals surface area (Å²) in [6.45, 7) is 4.64. The molecule has 0 radical (unpaired) electrons. The van der Waals surface area contributed by atoms with Crippen molar-refractivity contribution in [2.24, 2.45) is 0 Å². The molecule has 0 bridgehead atoms. The second kappa shape index (κ2) is 9.36. The quantitative estimate of drug-likeness (QED) is 0.779. The van der Waals surface area contributed by atoms with E-state index in [9.17, 15) is 9.59 Å². The number of aryl methyl sites for hydroxylation is 2. The third-order valence-electron chi connectivity index (χ3n) is 4.79. The van der Waals surface area contributed by atoms with E-state index >= 15 is 0 Å². The first kappa shape index (κ1) is 19.9. The average molecular weight is 386 g/mol. The van der Waals surface area contributed by atoms with Crippen molar-refractivity contribution in [3.05, 3.63) is 41.7 Å². The van der Waals surface area contributed by atoms with E-state index in [1.807, 2.05) is 34.1 Å². The largest absolute Gasteiger partial charge is 0.496 e. The van der Waals surface area contributed by atoms with Crippen molar-refractivity contribution < 1.29 is 18.8 Å². The minimum Gasteiger partial charge on any atom is -0.496 e. The van der Waals surface area contributed by atoms with Crippen LogP contribution in [0.15, 0.2) is 34.9 Å². The van der Waals surface area contributed by atoms with Crippen molar-refractivity contribution in [3.8, 4) is 5.75 Å². The Hall–Kier alpha value is -2.87. The van der Waals surface area contributed by atoms with Gasteiger partial charge >= 0.3 is 0 Å². The fourth-order valence-electron chi connectivity index (χ4n) is 3.28. The average Bonchev–Trinajstić information content (AvgIpc) is 3.11. The molecule has 1 aromatic heterocycles. The molecular weight excluding hydrogens is 360 g/mol. The van der Waals surface area contributed by atoms with Gasteiger partial charge in [-0.15, -0.1) is 0 Å². The van der Waals surface area contributed by atoms with Crippen molar-refractivity contribution in [1.29, 1.82) is 0 Å². The molecule has 0 spiro atoms. The molecule has 28 heavy (non-hydrogen) atoms. The molecule has 3 rings (SSSR count). The van der Waals surface area contributed by atoms with Crippen LogP contribution in [0, 0.1) is 6.92 Å². The third kappa shape index (κ3) is 5.32. The van der Waals surface area contributed by atoms with Gasteiger partial charge in [-0.3, -0.25) is 14.5 Å². The standard InChI is InChI=1S/C20H26N4O4/c1-15-13-18(22-28-15)21-19(25)14-23-9-11-24(12-10-23)20(26)8-7-16-5-3-4-6-17(16)27-2/h3-6,13H,7-12,14H2,1-2H3,(H,21,22,25). The molecule has 1 aliphatic heterocycles. The molecule has 8 nitrogen and oxygen atoms in total. The zero-order valence-corrected chi connectivity index (χ0v) is 16.3. The van der Waals surface area contributed by atoms with E-state index < -0.39 is 0 Å². The van der Waals surface area contributed by atoms with Crippen LogP contribution in [0.4, 0.5) is 5.82 Å². The minimum absolute atomic E-state index is 0.132. The summed E-state index contributed by atoms with van der Waals surface area (Å²) in [7, 11) is 1.64. The lowest BCUT2D eigenvalue weighted by molar-refractivity contribution is -0.133. The zero-order valence-electron chi connectivity index (χ0n) is 16.3. The first-order chi connectivity index (χ1) is 13.5. The van der Waals surface area contributed by atoms with Crippen molar-refractivity contribution in [2.45, 2.75) is 19.8 Å². The summed E-state index contributed by atoms with van der Waals surface area (Å²) in [5, 5.41) is 6.47. The van der Waals surface area contributed by atoms with Gasteiger partial charge in [0.15, 0.2) is 5.82 Å². The summed E-state index contributed by atoms with van der Waals surface area (Å²) < 4.78 is 10.3. The van der Waals surface area contributed by atoms with E-state index in [4.69, 9.17) is 9.26 Å². The number of ether oxygens (including phenoxy) is 1. The van der Waals surface area contributed by atoms with Gasteiger partial charge in [0, 0.05) is 38.7 Å². The number of nitrogens with zero attached hydrogens (tertiary/aromatic N) is 3. The highest BCUT2D eigenvalue weighted by Gasteiger charge is 2.22. The molecule has 1 N–H and O–H groups in total. The van der Waals surface area contributed by atoms with Crippen LogP contribution in [-0.4, -0.2) is 66.6 Å². The second-order valence-electron chi connectivity index (χ2n) is 6.84. The summed E-state index contributed by atoms with van der Waals surface area (Å²) >= 11 is 0.